The van der Waals surface area contributed by atoms with Crippen LogP contribution in [0.15, 0.2) is 82.4 Å². The normalized spacial score (nSPS) is 15.0. The highest BCUT2D eigenvalue weighted by atomic mass is 16.3. The standard InChI is InChI=1S/C26H26N6O2/c1-16-10-15-21(34-16)23-22(25(33)28-19-8-6-5-7-9-19)17(2)27-26-29-24(30-32(23)26)18-11-13-20(14-12-18)31(3)4/h5-15,23H,1-4H3,(H,28,33)(H,27,29,30). The first-order valence-electron chi connectivity index (χ1n) is 11.1. The van der Waals surface area contributed by atoms with Crippen molar-refractivity contribution in [3.8, 4) is 11.4 Å². The number of rotatable bonds is 5. The van der Waals surface area contributed by atoms with E-state index in [0.29, 0.717) is 34.5 Å². The fourth-order valence-electron chi connectivity index (χ4n) is 4.06. The van der Waals surface area contributed by atoms with Crippen molar-refractivity contribution in [3.05, 3.63) is 89.5 Å². The second kappa shape index (κ2) is 8.55. The van der Waals surface area contributed by atoms with Crippen molar-refractivity contribution < 1.29 is 9.21 Å². The minimum Gasteiger partial charge on any atom is -0.464 e. The molecule has 0 bridgehead atoms. The average molecular weight is 455 g/mol. The van der Waals surface area contributed by atoms with Crippen molar-refractivity contribution in [2.24, 2.45) is 0 Å². The van der Waals surface area contributed by atoms with Gasteiger partial charge < -0.3 is 20.0 Å². The molecule has 8 nitrogen and oxygen atoms in total. The Kier molecular flexibility index (Phi) is 5.41. The van der Waals surface area contributed by atoms with E-state index in [9.17, 15) is 4.79 Å². The summed E-state index contributed by atoms with van der Waals surface area (Å²) in [4.78, 5) is 20.2. The lowest BCUT2D eigenvalue weighted by Gasteiger charge is -2.27. The van der Waals surface area contributed by atoms with E-state index in [1.54, 1.807) is 4.68 Å². The van der Waals surface area contributed by atoms with Gasteiger partial charge in [-0.25, -0.2) is 4.68 Å². The molecule has 1 unspecified atom stereocenters. The van der Waals surface area contributed by atoms with Gasteiger partial charge in [0.15, 0.2) is 5.82 Å². The van der Waals surface area contributed by atoms with E-state index in [1.165, 1.54) is 0 Å². The quantitative estimate of drug-likeness (QED) is 0.449. The number of carbonyl (C=O) groups is 1. The Labute approximate surface area is 197 Å². The van der Waals surface area contributed by atoms with Crippen LogP contribution in [0.4, 0.5) is 17.3 Å². The molecule has 4 aromatic rings. The maximum Gasteiger partial charge on any atom is 0.256 e. The lowest BCUT2D eigenvalue weighted by Crippen LogP contribution is -2.31. The molecule has 0 saturated carbocycles. The number of hydrogen-bond donors (Lipinski definition) is 2. The van der Waals surface area contributed by atoms with Crippen molar-refractivity contribution in [2.45, 2.75) is 19.9 Å². The van der Waals surface area contributed by atoms with Gasteiger partial charge in [0.25, 0.3) is 5.91 Å². The smallest absolute Gasteiger partial charge is 0.256 e. The van der Waals surface area contributed by atoms with Crippen molar-refractivity contribution in [1.29, 1.82) is 0 Å². The van der Waals surface area contributed by atoms with E-state index >= 15 is 0 Å². The Morgan fingerprint density at radius 3 is 2.41 bits per heavy atom. The SMILES string of the molecule is CC1=C(C(=O)Nc2ccccc2)C(c2ccc(C)o2)n2nc(-c3ccc(N(C)C)cc3)nc2N1. The number of amides is 1. The fraction of sp³-hybridized carbons (Fsp3) is 0.192. The van der Waals surface area contributed by atoms with Crippen LogP contribution < -0.4 is 15.5 Å². The number of nitrogens with one attached hydrogen (secondary N) is 2. The van der Waals surface area contributed by atoms with Crippen molar-refractivity contribution in [1.82, 2.24) is 14.8 Å². The molecular formula is C26H26N6O2. The summed E-state index contributed by atoms with van der Waals surface area (Å²) in [7, 11) is 4.00. The summed E-state index contributed by atoms with van der Waals surface area (Å²) in [6, 6.07) is 20.6. The number of allylic oxidation sites excluding steroid dienone is 1. The van der Waals surface area contributed by atoms with E-state index in [-0.39, 0.29) is 5.91 Å². The zero-order chi connectivity index (χ0) is 23.8. The molecule has 1 amide bonds. The average Bonchev–Trinajstić information content (AvgIpc) is 3.45. The Balaban J connectivity index is 1.56. The first-order valence-corrected chi connectivity index (χ1v) is 11.1. The molecule has 2 aromatic carbocycles. The van der Waals surface area contributed by atoms with Gasteiger partial charge in [-0.3, -0.25) is 4.79 Å². The van der Waals surface area contributed by atoms with Gasteiger partial charge in [0.05, 0.1) is 5.57 Å². The first-order chi connectivity index (χ1) is 16.4. The van der Waals surface area contributed by atoms with E-state index in [4.69, 9.17) is 14.5 Å². The van der Waals surface area contributed by atoms with E-state index in [0.717, 1.165) is 17.0 Å². The van der Waals surface area contributed by atoms with Gasteiger partial charge in [0.2, 0.25) is 5.95 Å². The van der Waals surface area contributed by atoms with E-state index in [1.807, 2.05) is 99.6 Å². The summed E-state index contributed by atoms with van der Waals surface area (Å²) >= 11 is 0. The van der Waals surface area contributed by atoms with Gasteiger partial charge in [-0.1, -0.05) is 18.2 Å². The Bertz CT molecular complexity index is 1370. The molecule has 0 radical (unpaired) electrons. The van der Waals surface area contributed by atoms with Gasteiger partial charge in [0.1, 0.15) is 17.6 Å². The lowest BCUT2D eigenvalue weighted by molar-refractivity contribution is -0.113. The second-order valence-electron chi connectivity index (χ2n) is 8.48. The molecule has 2 N–H and O–H groups in total. The van der Waals surface area contributed by atoms with Crippen molar-refractivity contribution >= 4 is 23.2 Å². The third-order valence-electron chi connectivity index (χ3n) is 5.80. The highest BCUT2D eigenvalue weighted by Crippen LogP contribution is 2.37. The second-order valence-corrected chi connectivity index (χ2v) is 8.48. The Morgan fingerprint density at radius 2 is 1.76 bits per heavy atom. The molecule has 172 valence electrons. The number of para-hydroxylation sites is 1. The summed E-state index contributed by atoms with van der Waals surface area (Å²) in [5.74, 6) is 2.28. The lowest BCUT2D eigenvalue weighted by atomic mass is 10.00. The van der Waals surface area contributed by atoms with Crippen LogP contribution in [0.5, 0.6) is 0 Å². The van der Waals surface area contributed by atoms with Crippen LogP contribution in [-0.2, 0) is 4.79 Å². The zero-order valence-corrected chi connectivity index (χ0v) is 19.5. The molecule has 0 spiro atoms. The summed E-state index contributed by atoms with van der Waals surface area (Å²) in [6.07, 6.45) is 0. The van der Waals surface area contributed by atoms with E-state index in [2.05, 4.69) is 10.6 Å². The van der Waals surface area contributed by atoms with Crippen LogP contribution >= 0.6 is 0 Å². The molecule has 0 aliphatic carbocycles. The maximum atomic E-state index is 13.4. The predicted molar refractivity (Wildman–Crippen MR) is 133 cm³/mol. The highest BCUT2D eigenvalue weighted by molar-refractivity contribution is 6.05. The third kappa shape index (κ3) is 3.94. The molecule has 1 atom stereocenters. The predicted octanol–water partition coefficient (Wildman–Crippen LogP) is 4.84. The van der Waals surface area contributed by atoms with Gasteiger partial charge >= 0.3 is 0 Å². The fourth-order valence-corrected chi connectivity index (χ4v) is 4.06. The van der Waals surface area contributed by atoms with Gasteiger partial charge in [0, 0.05) is 36.7 Å². The number of aryl methyl sites for hydroxylation is 1. The maximum absolute atomic E-state index is 13.4. The molecule has 0 fully saturated rings. The summed E-state index contributed by atoms with van der Waals surface area (Å²) in [6.45, 7) is 3.75. The van der Waals surface area contributed by atoms with Crippen molar-refractivity contribution in [2.75, 3.05) is 29.6 Å². The number of aromatic nitrogens is 3. The molecule has 8 heteroatoms. The Hall–Kier alpha value is -4.33. The highest BCUT2D eigenvalue weighted by Gasteiger charge is 2.36. The molecule has 34 heavy (non-hydrogen) atoms. The summed E-state index contributed by atoms with van der Waals surface area (Å²) in [5.41, 5.74) is 3.91. The number of benzene rings is 2. The monoisotopic (exact) mass is 454 g/mol. The largest absolute Gasteiger partial charge is 0.464 e. The number of nitrogens with zero attached hydrogens (tertiary/aromatic N) is 4. The number of hydrogen-bond acceptors (Lipinski definition) is 6. The minimum absolute atomic E-state index is 0.228. The van der Waals surface area contributed by atoms with Gasteiger partial charge in [-0.15, -0.1) is 5.10 Å². The summed E-state index contributed by atoms with van der Waals surface area (Å²) < 4.78 is 7.70. The number of fused-ring (bicyclic) bond motifs is 1. The van der Waals surface area contributed by atoms with E-state index < -0.39 is 6.04 Å². The first kappa shape index (κ1) is 21.5. The molecule has 5 rings (SSSR count). The van der Waals surface area contributed by atoms with Gasteiger partial charge in [-0.2, -0.15) is 4.98 Å². The summed E-state index contributed by atoms with van der Waals surface area (Å²) in [5, 5.41) is 11.0. The number of anilines is 3. The molecule has 1 aliphatic rings. The van der Waals surface area contributed by atoms with Crippen molar-refractivity contribution in [3.63, 3.8) is 0 Å². The molecule has 1 aliphatic heterocycles. The molecule has 2 aromatic heterocycles. The van der Waals surface area contributed by atoms with Gasteiger partial charge in [-0.05, 0) is 62.4 Å². The Morgan fingerprint density at radius 1 is 1.03 bits per heavy atom. The van der Waals surface area contributed by atoms with Crippen LogP contribution in [0.3, 0.4) is 0 Å². The van der Waals surface area contributed by atoms with Crippen LogP contribution in [-0.4, -0.2) is 34.8 Å². The zero-order valence-electron chi connectivity index (χ0n) is 19.5. The topological polar surface area (TPSA) is 88.2 Å². The number of carbonyl (C=O) groups excluding carboxylic acids is 1. The van der Waals surface area contributed by atoms with Crippen LogP contribution in [0, 0.1) is 6.92 Å². The molecule has 3 heterocycles. The van der Waals surface area contributed by atoms with Crippen LogP contribution in [0.2, 0.25) is 0 Å². The van der Waals surface area contributed by atoms with Crippen LogP contribution in [0.25, 0.3) is 11.4 Å². The number of furan rings is 1. The third-order valence-corrected chi connectivity index (χ3v) is 5.80. The van der Waals surface area contributed by atoms with Crippen LogP contribution in [0.1, 0.15) is 24.5 Å². The minimum atomic E-state index is -0.559. The molecular weight excluding hydrogens is 428 g/mol. The molecule has 0 saturated heterocycles.